The Balaban J connectivity index is 1.55. The normalized spacial score (nSPS) is 17.7. The van der Waals surface area contributed by atoms with E-state index < -0.39 is 5.97 Å². The highest BCUT2D eigenvalue weighted by Gasteiger charge is 2.27. The number of oxazole rings is 1. The maximum Gasteiger partial charge on any atom is 0.320 e. The van der Waals surface area contributed by atoms with Crippen LogP contribution in [0.1, 0.15) is 19.2 Å². The zero-order chi connectivity index (χ0) is 16.9. The average Bonchev–Trinajstić information content (AvgIpc) is 3.06. The van der Waals surface area contributed by atoms with Gasteiger partial charge >= 0.3 is 5.97 Å². The van der Waals surface area contributed by atoms with Crippen LogP contribution in [0, 0.1) is 0 Å². The molecule has 0 aliphatic carbocycles. The lowest BCUT2D eigenvalue weighted by Gasteiger charge is -2.36. The minimum absolute atomic E-state index is 0.376. The Kier molecular flexibility index (Phi) is 5.27. The van der Waals surface area contributed by atoms with Crippen LogP contribution in [-0.4, -0.2) is 58.1 Å². The molecule has 1 aliphatic rings. The summed E-state index contributed by atoms with van der Waals surface area (Å²) in [7, 11) is 0. The molecule has 1 aromatic heterocycles. The first-order valence-electron chi connectivity index (χ1n) is 8.36. The fraction of sp³-hybridized carbons (Fsp3) is 0.444. The molecular formula is C18H23N3O3. The predicted molar refractivity (Wildman–Crippen MR) is 90.5 cm³/mol. The zero-order valence-corrected chi connectivity index (χ0v) is 13.9. The van der Waals surface area contributed by atoms with Gasteiger partial charge in [0.2, 0.25) is 5.89 Å². The standard InChI is InChI=1S/C18H23N3O3/c1-2-15(18(22)23)21-10-8-20(9-11-21)13-17-19-12-16(24-17)14-6-4-3-5-7-14/h3-7,12,15H,2,8-11,13H2,1H3,(H,22,23)/t15-/m0/s1. The number of aromatic nitrogens is 1. The minimum Gasteiger partial charge on any atom is -0.480 e. The number of benzene rings is 1. The van der Waals surface area contributed by atoms with Gasteiger partial charge in [-0.15, -0.1) is 0 Å². The van der Waals surface area contributed by atoms with Crippen LogP contribution < -0.4 is 0 Å². The minimum atomic E-state index is -0.730. The maximum atomic E-state index is 11.3. The summed E-state index contributed by atoms with van der Waals surface area (Å²) in [6.45, 7) is 5.75. The van der Waals surface area contributed by atoms with Crippen LogP contribution >= 0.6 is 0 Å². The summed E-state index contributed by atoms with van der Waals surface area (Å²) in [4.78, 5) is 19.9. The fourth-order valence-corrected chi connectivity index (χ4v) is 3.13. The number of carbonyl (C=O) groups is 1. The molecule has 1 N–H and O–H groups in total. The van der Waals surface area contributed by atoms with Crippen molar-refractivity contribution in [2.45, 2.75) is 25.9 Å². The molecule has 0 bridgehead atoms. The van der Waals surface area contributed by atoms with Crippen molar-refractivity contribution in [3.05, 3.63) is 42.4 Å². The number of hydrogen-bond acceptors (Lipinski definition) is 5. The van der Waals surface area contributed by atoms with Gasteiger partial charge in [-0.3, -0.25) is 14.6 Å². The Bertz CT molecular complexity index is 663. The Labute approximate surface area is 141 Å². The number of nitrogens with zero attached hydrogens (tertiary/aromatic N) is 3. The van der Waals surface area contributed by atoms with Crippen molar-refractivity contribution in [2.24, 2.45) is 0 Å². The second-order valence-electron chi connectivity index (χ2n) is 6.06. The van der Waals surface area contributed by atoms with E-state index in [0.29, 0.717) is 18.9 Å². The lowest BCUT2D eigenvalue weighted by Crippen LogP contribution is -2.52. The number of piperazine rings is 1. The van der Waals surface area contributed by atoms with E-state index in [-0.39, 0.29) is 6.04 Å². The highest BCUT2D eigenvalue weighted by Crippen LogP contribution is 2.21. The van der Waals surface area contributed by atoms with Crippen LogP contribution in [0.5, 0.6) is 0 Å². The predicted octanol–water partition coefficient (Wildman–Crippen LogP) is 2.32. The van der Waals surface area contributed by atoms with Gasteiger partial charge in [0.1, 0.15) is 6.04 Å². The van der Waals surface area contributed by atoms with Crippen molar-refractivity contribution in [2.75, 3.05) is 26.2 Å². The smallest absolute Gasteiger partial charge is 0.320 e. The highest BCUT2D eigenvalue weighted by molar-refractivity contribution is 5.73. The van der Waals surface area contributed by atoms with Gasteiger partial charge in [0, 0.05) is 31.7 Å². The van der Waals surface area contributed by atoms with Crippen molar-refractivity contribution in [3.8, 4) is 11.3 Å². The molecule has 2 heterocycles. The summed E-state index contributed by atoms with van der Waals surface area (Å²) in [6.07, 6.45) is 2.40. The Morgan fingerprint density at radius 1 is 1.25 bits per heavy atom. The first-order valence-corrected chi connectivity index (χ1v) is 8.36. The van der Waals surface area contributed by atoms with Crippen molar-refractivity contribution in [1.82, 2.24) is 14.8 Å². The van der Waals surface area contributed by atoms with E-state index >= 15 is 0 Å². The first-order chi connectivity index (χ1) is 11.7. The Morgan fingerprint density at radius 2 is 1.96 bits per heavy atom. The fourth-order valence-electron chi connectivity index (χ4n) is 3.13. The molecule has 3 rings (SSSR count). The van der Waals surface area contributed by atoms with Gasteiger partial charge < -0.3 is 9.52 Å². The quantitative estimate of drug-likeness (QED) is 0.877. The number of carboxylic acid groups (broad SMARTS) is 1. The topological polar surface area (TPSA) is 69.8 Å². The number of aliphatic carboxylic acids is 1. The third kappa shape index (κ3) is 3.83. The molecule has 0 unspecified atom stereocenters. The molecule has 0 saturated carbocycles. The maximum absolute atomic E-state index is 11.3. The van der Waals surface area contributed by atoms with E-state index in [4.69, 9.17) is 4.42 Å². The van der Waals surface area contributed by atoms with Gasteiger partial charge in [0.15, 0.2) is 5.76 Å². The van der Waals surface area contributed by atoms with Crippen LogP contribution in [0.3, 0.4) is 0 Å². The van der Waals surface area contributed by atoms with Gasteiger partial charge in [-0.2, -0.15) is 0 Å². The zero-order valence-electron chi connectivity index (χ0n) is 13.9. The summed E-state index contributed by atoms with van der Waals surface area (Å²) in [5, 5.41) is 9.26. The molecule has 6 heteroatoms. The Morgan fingerprint density at radius 3 is 2.58 bits per heavy atom. The third-order valence-corrected chi connectivity index (χ3v) is 4.49. The van der Waals surface area contributed by atoms with Crippen LogP contribution in [0.2, 0.25) is 0 Å². The van der Waals surface area contributed by atoms with Crippen molar-refractivity contribution < 1.29 is 14.3 Å². The number of hydrogen-bond donors (Lipinski definition) is 1. The molecule has 1 atom stereocenters. The lowest BCUT2D eigenvalue weighted by molar-refractivity contribution is -0.144. The number of carboxylic acids is 1. The van der Waals surface area contributed by atoms with Crippen LogP contribution in [-0.2, 0) is 11.3 Å². The summed E-state index contributed by atoms with van der Waals surface area (Å²) in [6, 6.07) is 9.55. The van der Waals surface area contributed by atoms with Gasteiger partial charge in [-0.1, -0.05) is 37.3 Å². The molecule has 2 aromatic rings. The first kappa shape index (κ1) is 16.7. The molecule has 1 saturated heterocycles. The molecule has 0 amide bonds. The van der Waals surface area contributed by atoms with Gasteiger partial charge in [0.05, 0.1) is 12.7 Å². The van der Waals surface area contributed by atoms with Crippen LogP contribution in [0.4, 0.5) is 0 Å². The van der Waals surface area contributed by atoms with E-state index in [9.17, 15) is 9.90 Å². The van der Waals surface area contributed by atoms with E-state index in [0.717, 1.165) is 37.5 Å². The average molecular weight is 329 g/mol. The molecule has 0 radical (unpaired) electrons. The monoisotopic (exact) mass is 329 g/mol. The molecule has 128 valence electrons. The molecule has 1 fully saturated rings. The van der Waals surface area contributed by atoms with Crippen molar-refractivity contribution in [1.29, 1.82) is 0 Å². The summed E-state index contributed by atoms with van der Waals surface area (Å²) in [5.74, 6) is 0.750. The molecule has 6 nitrogen and oxygen atoms in total. The van der Waals surface area contributed by atoms with Gasteiger partial charge in [-0.25, -0.2) is 4.98 Å². The Hall–Kier alpha value is -2.18. The highest BCUT2D eigenvalue weighted by atomic mass is 16.4. The van der Waals surface area contributed by atoms with Gasteiger partial charge in [0.25, 0.3) is 0 Å². The van der Waals surface area contributed by atoms with Gasteiger partial charge in [-0.05, 0) is 6.42 Å². The second-order valence-corrected chi connectivity index (χ2v) is 6.06. The third-order valence-electron chi connectivity index (χ3n) is 4.49. The molecule has 1 aromatic carbocycles. The lowest BCUT2D eigenvalue weighted by atomic mass is 10.1. The molecule has 0 spiro atoms. The van der Waals surface area contributed by atoms with Crippen molar-refractivity contribution >= 4 is 5.97 Å². The van der Waals surface area contributed by atoms with E-state index in [1.807, 2.05) is 42.2 Å². The molecule has 1 aliphatic heterocycles. The summed E-state index contributed by atoms with van der Waals surface area (Å²) >= 11 is 0. The SMILES string of the molecule is CC[C@@H](C(=O)O)N1CCN(Cc2ncc(-c3ccccc3)o2)CC1. The van der Waals surface area contributed by atoms with E-state index in [1.54, 1.807) is 6.20 Å². The molecular weight excluding hydrogens is 306 g/mol. The summed E-state index contributed by atoms with van der Waals surface area (Å²) < 4.78 is 5.85. The van der Waals surface area contributed by atoms with Crippen LogP contribution in [0.25, 0.3) is 11.3 Å². The van der Waals surface area contributed by atoms with Crippen LogP contribution in [0.15, 0.2) is 40.9 Å². The van der Waals surface area contributed by atoms with E-state index in [2.05, 4.69) is 9.88 Å². The molecule has 24 heavy (non-hydrogen) atoms. The largest absolute Gasteiger partial charge is 0.480 e. The second kappa shape index (κ2) is 7.59. The van der Waals surface area contributed by atoms with E-state index in [1.165, 1.54) is 0 Å². The van der Waals surface area contributed by atoms with Crippen molar-refractivity contribution in [3.63, 3.8) is 0 Å². The number of rotatable bonds is 6. The summed E-state index contributed by atoms with van der Waals surface area (Å²) in [5.41, 5.74) is 1.02.